The van der Waals surface area contributed by atoms with E-state index in [0.29, 0.717) is 31.1 Å². The second-order valence-electron chi connectivity index (χ2n) is 5.29. The van der Waals surface area contributed by atoms with E-state index in [4.69, 9.17) is 4.74 Å². The number of rotatable bonds is 6. The smallest absolute Gasteiger partial charge is 0.342 e. The molecule has 0 unspecified atom stereocenters. The van der Waals surface area contributed by atoms with Crippen LogP contribution in [0.3, 0.4) is 0 Å². The molecule has 0 saturated heterocycles. The molecule has 7 heteroatoms. The number of carbonyl (C=O) groups excluding carboxylic acids is 1. The van der Waals surface area contributed by atoms with Crippen molar-refractivity contribution >= 4 is 22.7 Å². The Labute approximate surface area is 139 Å². The summed E-state index contributed by atoms with van der Waals surface area (Å²) in [4.78, 5) is 17.0. The Morgan fingerprint density at radius 1 is 1.33 bits per heavy atom. The second-order valence-corrected chi connectivity index (χ2v) is 5.29. The Hall–Kier alpha value is -2.96. The summed E-state index contributed by atoms with van der Waals surface area (Å²) in [5, 5.41) is 11.9. The number of aromatic nitrogens is 4. The number of nitrogens with zero attached hydrogens (tertiary/aromatic N) is 4. The van der Waals surface area contributed by atoms with E-state index in [9.17, 15) is 4.79 Å². The summed E-state index contributed by atoms with van der Waals surface area (Å²) >= 11 is 0. The number of carbonyl (C=O) groups is 1. The molecule has 1 aromatic carbocycles. The van der Waals surface area contributed by atoms with Gasteiger partial charge in [0.2, 0.25) is 0 Å². The lowest BCUT2D eigenvalue weighted by atomic mass is 10.0. The van der Waals surface area contributed by atoms with Gasteiger partial charge in [-0.3, -0.25) is 4.68 Å². The van der Waals surface area contributed by atoms with Gasteiger partial charge in [-0.1, -0.05) is 23.4 Å². The van der Waals surface area contributed by atoms with Gasteiger partial charge in [0.25, 0.3) is 0 Å². The number of anilines is 1. The highest BCUT2D eigenvalue weighted by Crippen LogP contribution is 2.26. The third kappa shape index (κ3) is 3.19. The van der Waals surface area contributed by atoms with Gasteiger partial charge in [0, 0.05) is 18.1 Å². The molecule has 0 amide bonds. The van der Waals surface area contributed by atoms with Crippen LogP contribution in [0.2, 0.25) is 0 Å². The lowest BCUT2D eigenvalue weighted by Gasteiger charge is -2.15. The summed E-state index contributed by atoms with van der Waals surface area (Å²) in [5.74, 6) is 0.168. The summed E-state index contributed by atoms with van der Waals surface area (Å²) in [6, 6.07) is 7.75. The van der Waals surface area contributed by atoms with Crippen LogP contribution in [0.1, 0.15) is 22.8 Å². The molecule has 7 nitrogen and oxygen atoms in total. The molecular weight excluding hydrogens is 306 g/mol. The first-order valence-electron chi connectivity index (χ1n) is 7.85. The van der Waals surface area contributed by atoms with Crippen LogP contribution in [0.25, 0.3) is 10.9 Å². The summed E-state index contributed by atoms with van der Waals surface area (Å²) in [5.41, 5.74) is 2.18. The fourth-order valence-corrected chi connectivity index (χ4v) is 2.60. The Morgan fingerprint density at radius 2 is 2.17 bits per heavy atom. The van der Waals surface area contributed by atoms with Crippen LogP contribution in [0.5, 0.6) is 0 Å². The molecule has 0 atom stereocenters. The molecule has 0 aliphatic carbocycles. The number of hydrogen-bond acceptors (Lipinski definition) is 6. The maximum absolute atomic E-state index is 12.4. The van der Waals surface area contributed by atoms with Crippen LogP contribution in [0.15, 0.2) is 36.7 Å². The molecule has 3 rings (SSSR count). The van der Waals surface area contributed by atoms with Gasteiger partial charge in [0.1, 0.15) is 11.4 Å². The van der Waals surface area contributed by atoms with Gasteiger partial charge in [-0.15, -0.1) is 5.10 Å². The quantitative estimate of drug-likeness (QED) is 0.701. The number of aryl methyl sites for hydroxylation is 1. The second kappa shape index (κ2) is 7.08. The summed E-state index contributed by atoms with van der Waals surface area (Å²) in [7, 11) is 0. The monoisotopic (exact) mass is 325 g/mol. The van der Waals surface area contributed by atoms with Crippen molar-refractivity contribution in [3.05, 3.63) is 47.8 Å². The number of hydrogen-bond donors (Lipinski definition) is 1. The van der Waals surface area contributed by atoms with Gasteiger partial charge in [-0.25, -0.2) is 9.78 Å². The minimum atomic E-state index is -0.364. The van der Waals surface area contributed by atoms with E-state index < -0.39 is 0 Å². The molecule has 0 aliphatic heterocycles. The van der Waals surface area contributed by atoms with E-state index in [0.717, 1.165) is 16.5 Å². The first-order valence-corrected chi connectivity index (χ1v) is 7.85. The molecule has 24 heavy (non-hydrogen) atoms. The Morgan fingerprint density at radius 3 is 2.92 bits per heavy atom. The molecule has 3 aromatic rings. The molecule has 1 N–H and O–H groups in total. The molecule has 0 fully saturated rings. The topological polar surface area (TPSA) is 81.9 Å². The summed E-state index contributed by atoms with van der Waals surface area (Å²) in [6.45, 7) is 5.22. The Balaban J connectivity index is 1.93. The van der Waals surface area contributed by atoms with Crippen LogP contribution in [-0.2, 0) is 11.3 Å². The van der Waals surface area contributed by atoms with Gasteiger partial charge in [0.05, 0.1) is 24.9 Å². The number of esters is 1. The van der Waals surface area contributed by atoms with Crippen molar-refractivity contribution in [3.63, 3.8) is 0 Å². The van der Waals surface area contributed by atoms with E-state index >= 15 is 0 Å². The van der Waals surface area contributed by atoms with E-state index in [2.05, 4.69) is 20.6 Å². The minimum absolute atomic E-state index is 0.323. The molecule has 124 valence electrons. The molecule has 0 radical (unpaired) electrons. The van der Waals surface area contributed by atoms with E-state index in [1.54, 1.807) is 24.0 Å². The number of fused-ring (bicyclic) bond motifs is 1. The minimum Gasteiger partial charge on any atom is -0.462 e. The van der Waals surface area contributed by atoms with Gasteiger partial charge in [-0.2, -0.15) is 0 Å². The zero-order valence-electron chi connectivity index (χ0n) is 13.7. The average molecular weight is 325 g/mol. The highest BCUT2D eigenvalue weighted by Gasteiger charge is 2.19. The number of nitrogens with one attached hydrogen (secondary N) is 1. The van der Waals surface area contributed by atoms with E-state index in [1.165, 1.54) is 0 Å². The highest BCUT2D eigenvalue weighted by atomic mass is 16.5. The normalized spacial score (nSPS) is 10.8. The van der Waals surface area contributed by atoms with Crippen molar-refractivity contribution in [3.8, 4) is 0 Å². The molecule has 0 saturated carbocycles. The van der Waals surface area contributed by atoms with Crippen molar-refractivity contribution in [2.75, 3.05) is 18.5 Å². The van der Waals surface area contributed by atoms with Crippen molar-refractivity contribution < 1.29 is 9.53 Å². The fraction of sp³-hybridized carbons (Fsp3) is 0.294. The van der Waals surface area contributed by atoms with Crippen LogP contribution >= 0.6 is 0 Å². The summed E-state index contributed by atoms with van der Waals surface area (Å²) < 4.78 is 6.92. The predicted octanol–water partition coefficient (Wildman–Crippen LogP) is 2.42. The predicted molar refractivity (Wildman–Crippen MR) is 90.9 cm³/mol. The van der Waals surface area contributed by atoms with Crippen molar-refractivity contribution in [2.45, 2.75) is 20.4 Å². The molecular formula is C17H19N5O2. The third-order valence-electron chi connectivity index (χ3n) is 3.74. The first-order chi connectivity index (χ1) is 11.7. The lowest BCUT2D eigenvalue weighted by molar-refractivity contribution is 0.0526. The van der Waals surface area contributed by atoms with Crippen LogP contribution in [0, 0.1) is 6.92 Å². The summed E-state index contributed by atoms with van der Waals surface area (Å²) in [6.07, 6.45) is 3.41. The zero-order chi connectivity index (χ0) is 16.9. The maximum atomic E-state index is 12.4. The Kier molecular flexibility index (Phi) is 4.69. The number of ether oxygens (including phenoxy) is 1. The first kappa shape index (κ1) is 15.9. The van der Waals surface area contributed by atoms with Crippen LogP contribution in [-0.4, -0.2) is 39.1 Å². The van der Waals surface area contributed by atoms with Crippen LogP contribution < -0.4 is 5.32 Å². The standard InChI is InChI=1S/C17H19N5O2/c1-3-24-17(23)15-12(2)13-6-4-5-7-14(13)20-16(15)18-8-10-22-11-9-19-21-22/h4-7,9,11H,3,8,10H2,1-2H3,(H,18,20). The van der Waals surface area contributed by atoms with Gasteiger partial charge in [-0.05, 0) is 25.5 Å². The highest BCUT2D eigenvalue weighted by molar-refractivity contribution is 6.02. The molecule has 0 spiro atoms. The Bertz CT molecular complexity index is 846. The van der Waals surface area contributed by atoms with Crippen molar-refractivity contribution in [1.82, 2.24) is 20.0 Å². The number of benzene rings is 1. The molecule has 0 aliphatic rings. The van der Waals surface area contributed by atoms with Crippen molar-refractivity contribution in [1.29, 1.82) is 0 Å². The van der Waals surface area contributed by atoms with Gasteiger partial charge < -0.3 is 10.1 Å². The molecule has 2 aromatic heterocycles. The number of para-hydroxylation sites is 1. The molecule has 2 heterocycles. The zero-order valence-corrected chi connectivity index (χ0v) is 13.7. The van der Waals surface area contributed by atoms with Gasteiger partial charge >= 0.3 is 5.97 Å². The van der Waals surface area contributed by atoms with Gasteiger partial charge in [0.15, 0.2) is 0 Å². The number of pyridine rings is 1. The maximum Gasteiger partial charge on any atom is 0.342 e. The van der Waals surface area contributed by atoms with E-state index in [1.807, 2.05) is 31.2 Å². The third-order valence-corrected chi connectivity index (χ3v) is 3.74. The lowest BCUT2D eigenvalue weighted by Crippen LogP contribution is -2.17. The largest absolute Gasteiger partial charge is 0.462 e. The van der Waals surface area contributed by atoms with Crippen molar-refractivity contribution in [2.24, 2.45) is 0 Å². The van der Waals surface area contributed by atoms with E-state index in [-0.39, 0.29) is 5.97 Å². The fourth-order valence-electron chi connectivity index (χ4n) is 2.60. The van der Waals surface area contributed by atoms with Crippen LogP contribution in [0.4, 0.5) is 5.82 Å². The molecule has 0 bridgehead atoms. The SMILES string of the molecule is CCOC(=O)c1c(NCCn2ccnn2)nc2ccccc2c1C. The average Bonchev–Trinajstić information content (AvgIpc) is 3.08.